The number of thiophene rings is 1. The van der Waals surface area contributed by atoms with Crippen LogP contribution in [-0.4, -0.2) is 32.6 Å². The van der Waals surface area contributed by atoms with Gasteiger partial charge in [-0.3, -0.25) is 4.79 Å². The number of methoxy groups -OCH3 is 1. The fourth-order valence-electron chi connectivity index (χ4n) is 3.10. The Kier molecular flexibility index (Phi) is 13.5. The molecule has 0 aliphatic carbocycles. The first-order chi connectivity index (χ1) is 15.5. The van der Waals surface area contributed by atoms with Crippen LogP contribution in [0.5, 0.6) is 0 Å². The summed E-state index contributed by atoms with van der Waals surface area (Å²) < 4.78 is 11.5. The predicted octanol–water partition coefficient (Wildman–Crippen LogP) is 8.06. The summed E-state index contributed by atoms with van der Waals surface area (Å²) in [6, 6.07) is 4.27. The zero-order valence-electron chi connectivity index (χ0n) is 21.9. The molecule has 1 aromatic heterocycles. The summed E-state index contributed by atoms with van der Waals surface area (Å²) in [7, 11) is -0.523. The Labute approximate surface area is 207 Å². The molecule has 0 aromatic carbocycles. The molecule has 188 valence electrons. The topological polar surface area (TPSA) is 55.8 Å². The van der Waals surface area contributed by atoms with Crippen LogP contribution >= 0.6 is 11.3 Å². The van der Waals surface area contributed by atoms with Gasteiger partial charge in [0.1, 0.15) is 0 Å². The van der Waals surface area contributed by atoms with Crippen LogP contribution in [0.3, 0.4) is 0 Å². The van der Waals surface area contributed by atoms with Gasteiger partial charge in [0, 0.05) is 16.2 Å². The van der Waals surface area contributed by atoms with E-state index in [4.69, 9.17) is 4.43 Å². The molecule has 2 atom stereocenters. The number of rotatable bonds is 15. The second-order valence-electron chi connectivity index (χ2n) is 10.2. The summed E-state index contributed by atoms with van der Waals surface area (Å²) in [4.78, 5) is 13.5. The molecule has 1 N–H and O–H groups in total. The van der Waals surface area contributed by atoms with Crippen LogP contribution in [0.2, 0.25) is 18.1 Å². The molecule has 0 saturated heterocycles. The van der Waals surface area contributed by atoms with Crippen LogP contribution in [0.15, 0.2) is 30.4 Å². The van der Waals surface area contributed by atoms with Gasteiger partial charge >= 0.3 is 5.97 Å². The number of allylic oxidation sites excluding steroid dienone is 1. The lowest BCUT2D eigenvalue weighted by Gasteiger charge is -2.39. The average molecular weight is 495 g/mol. The largest absolute Gasteiger partial charge is 0.469 e. The van der Waals surface area contributed by atoms with Crippen molar-refractivity contribution in [3.8, 4) is 0 Å². The molecule has 0 radical (unpaired) electrons. The minimum Gasteiger partial charge on any atom is -0.469 e. The van der Waals surface area contributed by atoms with Gasteiger partial charge in [-0.2, -0.15) is 0 Å². The van der Waals surface area contributed by atoms with Gasteiger partial charge in [0.2, 0.25) is 0 Å². The number of hydrogen-bond donors (Lipinski definition) is 1. The molecule has 2 unspecified atom stereocenters. The lowest BCUT2D eigenvalue weighted by Crippen LogP contribution is -2.41. The van der Waals surface area contributed by atoms with Gasteiger partial charge < -0.3 is 14.3 Å². The first kappa shape index (κ1) is 29.8. The number of ether oxygens (including phenoxy) is 1. The van der Waals surface area contributed by atoms with Gasteiger partial charge in [0.25, 0.3) is 0 Å². The van der Waals surface area contributed by atoms with E-state index in [2.05, 4.69) is 69.8 Å². The number of aliphatic hydroxyl groups is 1. The molecule has 1 rings (SSSR count). The van der Waals surface area contributed by atoms with E-state index in [1.165, 1.54) is 31.2 Å². The summed E-state index contributed by atoms with van der Waals surface area (Å²) in [5.41, 5.74) is 0. The second-order valence-corrected chi connectivity index (χ2v) is 16.1. The molecule has 1 heterocycles. The van der Waals surface area contributed by atoms with E-state index in [1.54, 1.807) is 11.3 Å². The van der Waals surface area contributed by atoms with Crippen molar-refractivity contribution in [2.45, 2.75) is 109 Å². The van der Waals surface area contributed by atoms with Crippen molar-refractivity contribution in [1.29, 1.82) is 0 Å². The minimum absolute atomic E-state index is 0.0606. The monoisotopic (exact) mass is 494 g/mol. The number of carbonyl (C=O) groups excluding carboxylic acids is 1. The summed E-state index contributed by atoms with van der Waals surface area (Å²) >= 11 is 1.73. The van der Waals surface area contributed by atoms with Gasteiger partial charge in [-0.05, 0) is 68.4 Å². The lowest BCUT2D eigenvalue weighted by molar-refractivity contribution is -0.140. The Balaban J connectivity index is 2.82. The van der Waals surface area contributed by atoms with Gasteiger partial charge in [0.15, 0.2) is 8.32 Å². The van der Waals surface area contributed by atoms with Gasteiger partial charge in [-0.15, -0.1) is 11.3 Å². The molecular weight excluding hydrogens is 448 g/mol. The number of unbranched alkanes of at least 4 members (excludes halogenated alkanes) is 3. The number of aliphatic hydroxyl groups excluding tert-OH is 1. The summed E-state index contributed by atoms with van der Waals surface area (Å²) in [6.45, 7) is 13.7. The maximum atomic E-state index is 11.2. The second kappa shape index (κ2) is 14.9. The van der Waals surface area contributed by atoms with E-state index < -0.39 is 14.4 Å². The molecule has 0 fully saturated rings. The third-order valence-electron chi connectivity index (χ3n) is 6.29. The van der Waals surface area contributed by atoms with Gasteiger partial charge in [0.05, 0.1) is 19.3 Å². The van der Waals surface area contributed by atoms with Crippen molar-refractivity contribution in [2.75, 3.05) is 7.11 Å². The molecule has 4 nitrogen and oxygen atoms in total. The third-order valence-corrected chi connectivity index (χ3v) is 11.9. The molecule has 0 amide bonds. The van der Waals surface area contributed by atoms with Crippen molar-refractivity contribution in [3.05, 3.63) is 40.1 Å². The zero-order valence-corrected chi connectivity index (χ0v) is 23.7. The van der Waals surface area contributed by atoms with E-state index in [9.17, 15) is 9.90 Å². The highest BCUT2D eigenvalue weighted by atomic mass is 32.1. The van der Waals surface area contributed by atoms with Crippen molar-refractivity contribution in [1.82, 2.24) is 0 Å². The maximum Gasteiger partial charge on any atom is 0.305 e. The van der Waals surface area contributed by atoms with Crippen molar-refractivity contribution in [3.63, 3.8) is 0 Å². The van der Waals surface area contributed by atoms with Crippen LogP contribution < -0.4 is 0 Å². The Morgan fingerprint density at radius 1 is 1.18 bits per heavy atom. The molecule has 1 aromatic rings. The van der Waals surface area contributed by atoms with Crippen LogP contribution in [0.25, 0.3) is 6.08 Å². The SMILES string of the molecule is CCCCC/C=C/CC(O[Si](C)(C)C(C)(C)C)c1ccc(/C=C/C(O)CCCC(=O)OC)s1. The molecule has 33 heavy (non-hydrogen) atoms. The standard InChI is InChI=1S/C27H46O4SSi/c1-8-9-10-11-12-13-16-24(31-33(6,7)27(2,3)4)25-21-20-23(32-25)19-18-22(28)15-14-17-26(29)30-5/h12-13,18-22,24,28H,8-11,14-17H2,1-7H3/b13-12+,19-18+. The Bertz CT molecular complexity index is 746. The normalized spacial score (nSPS) is 14.8. The molecule has 0 aliphatic rings. The molecule has 0 bridgehead atoms. The number of esters is 1. The first-order valence-electron chi connectivity index (χ1n) is 12.4. The van der Waals surface area contributed by atoms with E-state index in [1.807, 2.05) is 12.2 Å². The van der Waals surface area contributed by atoms with Crippen LogP contribution in [0.1, 0.15) is 94.9 Å². The summed E-state index contributed by atoms with van der Waals surface area (Å²) in [6.07, 6.45) is 15.2. The Hall–Kier alpha value is -1.21. The van der Waals surface area contributed by atoms with E-state index in [-0.39, 0.29) is 17.1 Å². The van der Waals surface area contributed by atoms with Crippen LogP contribution in [-0.2, 0) is 14.0 Å². The van der Waals surface area contributed by atoms with Crippen molar-refractivity contribution < 1.29 is 19.1 Å². The maximum absolute atomic E-state index is 11.2. The highest BCUT2D eigenvalue weighted by molar-refractivity contribution is 7.13. The Morgan fingerprint density at radius 3 is 2.55 bits per heavy atom. The smallest absolute Gasteiger partial charge is 0.305 e. The molecule has 0 spiro atoms. The molecular formula is C27H46O4SSi. The summed E-state index contributed by atoms with van der Waals surface area (Å²) in [5, 5.41) is 10.4. The molecule has 6 heteroatoms. The summed E-state index contributed by atoms with van der Waals surface area (Å²) in [5.74, 6) is -0.235. The molecule has 0 aliphatic heterocycles. The zero-order chi connectivity index (χ0) is 24.9. The third kappa shape index (κ3) is 11.7. The van der Waals surface area contributed by atoms with Gasteiger partial charge in [-0.25, -0.2) is 0 Å². The number of carbonyl (C=O) groups is 1. The number of hydrogen-bond acceptors (Lipinski definition) is 5. The highest BCUT2D eigenvalue weighted by Gasteiger charge is 2.39. The van der Waals surface area contributed by atoms with Crippen LogP contribution in [0, 0.1) is 0 Å². The lowest BCUT2D eigenvalue weighted by atomic mass is 10.1. The van der Waals surface area contributed by atoms with E-state index >= 15 is 0 Å². The minimum atomic E-state index is -1.91. The van der Waals surface area contributed by atoms with E-state index in [0.717, 1.165) is 17.7 Å². The Morgan fingerprint density at radius 2 is 1.91 bits per heavy atom. The van der Waals surface area contributed by atoms with Crippen molar-refractivity contribution in [2.24, 2.45) is 0 Å². The predicted molar refractivity (Wildman–Crippen MR) is 144 cm³/mol. The highest BCUT2D eigenvalue weighted by Crippen LogP contribution is 2.42. The first-order valence-corrected chi connectivity index (χ1v) is 16.1. The average Bonchev–Trinajstić information content (AvgIpc) is 3.21. The van der Waals surface area contributed by atoms with E-state index in [0.29, 0.717) is 19.3 Å². The molecule has 0 saturated carbocycles. The van der Waals surface area contributed by atoms with Crippen LogP contribution in [0.4, 0.5) is 0 Å². The fourth-order valence-corrected chi connectivity index (χ4v) is 5.44. The fraction of sp³-hybridized carbons (Fsp3) is 0.667. The van der Waals surface area contributed by atoms with Gasteiger partial charge in [-0.1, -0.05) is 58.8 Å². The quantitative estimate of drug-likeness (QED) is 0.116. The van der Waals surface area contributed by atoms with Crippen molar-refractivity contribution >= 4 is 31.7 Å².